The zero-order valence-electron chi connectivity index (χ0n) is 7.70. The number of hydroxylamine groups is 2. The fourth-order valence-corrected chi connectivity index (χ4v) is 0.988. The first-order valence-corrected chi connectivity index (χ1v) is 4.04. The molecule has 0 radical (unpaired) electrons. The second-order valence-corrected chi connectivity index (χ2v) is 4.07. The number of β-amino-alcohol motifs (C(OH)–C–C–N with tert-alkyl or cyclic N) is 1. The molecule has 1 saturated heterocycles. The Morgan fingerprint density at radius 2 is 2.17 bits per heavy atom. The molecule has 0 bridgehead atoms. The summed E-state index contributed by atoms with van der Waals surface area (Å²) in [4.78, 5) is 16.5. The van der Waals surface area contributed by atoms with E-state index in [9.17, 15) is 4.79 Å². The van der Waals surface area contributed by atoms with Crippen LogP contribution in [0.25, 0.3) is 0 Å². The molecule has 12 heavy (non-hydrogen) atoms. The van der Waals surface area contributed by atoms with Gasteiger partial charge in [-0.2, -0.15) is 0 Å². The molecule has 70 valence electrons. The fourth-order valence-electron chi connectivity index (χ4n) is 0.988. The van der Waals surface area contributed by atoms with Gasteiger partial charge < -0.3 is 5.11 Å². The highest BCUT2D eigenvalue weighted by molar-refractivity contribution is 5.80. The second kappa shape index (κ2) is 3.03. The largest absolute Gasteiger partial charge is 0.389 e. The molecule has 4 heteroatoms. The summed E-state index contributed by atoms with van der Waals surface area (Å²) in [6.45, 7) is 5.98. The van der Waals surface area contributed by atoms with E-state index in [-0.39, 0.29) is 19.1 Å². The van der Waals surface area contributed by atoms with Gasteiger partial charge in [0.15, 0.2) is 0 Å². The van der Waals surface area contributed by atoms with Crippen molar-refractivity contribution < 1.29 is 14.7 Å². The lowest BCUT2D eigenvalue weighted by atomic mass is 9.95. The lowest BCUT2D eigenvalue weighted by Gasteiger charge is -2.23. The third kappa shape index (κ3) is 1.95. The SMILES string of the molecule is CC(C)(C)C(=O)N1C[C@@H](O)CO1. The van der Waals surface area contributed by atoms with Crippen LogP contribution in [0, 0.1) is 5.41 Å². The van der Waals surface area contributed by atoms with Gasteiger partial charge in [0, 0.05) is 5.41 Å². The normalized spacial score (nSPS) is 24.7. The Hall–Kier alpha value is -0.610. The van der Waals surface area contributed by atoms with Crippen LogP contribution in [0.1, 0.15) is 20.8 Å². The minimum atomic E-state index is -0.531. The zero-order chi connectivity index (χ0) is 9.35. The maximum atomic E-state index is 11.5. The van der Waals surface area contributed by atoms with Crippen LogP contribution >= 0.6 is 0 Å². The Morgan fingerprint density at radius 3 is 2.50 bits per heavy atom. The number of hydrogen-bond donors (Lipinski definition) is 1. The molecule has 1 N–H and O–H groups in total. The molecule has 1 rings (SSSR count). The van der Waals surface area contributed by atoms with Gasteiger partial charge in [0.1, 0.15) is 6.61 Å². The van der Waals surface area contributed by atoms with Gasteiger partial charge in [-0.1, -0.05) is 20.8 Å². The van der Waals surface area contributed by atoms with Gasteiger partial charge in [-0.15, -0.1) is 0 Å². The molecule has 1 aliphatic rings. The van der Waals surface area contributed by atoms with Gasteiger partial charge in [-0.25, -0.2) is 5.06 Å². The molecule has 1 amide bonds. The molecule has 0 aromatic carbocycles. The van der Waals surface area contributed by atoms with E-state index in [0.29, 0.717) is 0 Å². The van der Waals surface area contributed by atoms with Crippen molar-refractivity contribution in [2.75, 3.05) is 13.2 Å². The number of rotatable bonds is 0. The first kappa shape index (κ1) is 9.48. The van der Waals surface area contributed by atoms with Crippen LogP contribution in [-0.4, -0.2) is 35.3 Å². The van der Waals surface area contributed by atoms with Crippen LogP contribution in [0.2, 0.25) is 0 Å². The van der Waals surface area contributed by atoms with E-state index in [4.69, 9.17) is 9.94 Å². The van der Waals surface area contributed by atoms with E-state index >= 15 is 0 Å². The van der Waals surface area contributed by atoms with Crippen molar-refractivity contribution in [2.24, 2.45) is 5.41 Å². The van der Waals surface area contributed by atoms with Crippen LogP contribution in [0.15, 0.2) is 0 Å². The van der Waals surface area contributed by atoms with E-state index < -0.39 is 11.5 Å². The number of amides is 1. The number of carbonyl (C=O) groups is 1. The number of aliphatic hydroxyl groups excluding tert-OH is 1. The van der Waals surface area contributed by atoms with Crippen LogP contribution in [0.3, 0.4) is 0 Å². The van der Waals surface area contributed by atoms with Crippen LogP contribution in [-0.2, 0) is 9.63 Å². The Morgan fingerprint density at radius 1 is 1.58 bits per heavy atom. The third-order valence-electron chi connectivity index (χ3n) is 1.67. The molecule has 0 unspecified atom stereocenters. The summed E-state index contributed by atoms with van der Waals surface area (Å²) in [5.41, 5.74) is -0.440. The second-order valence-electron chi connectivity index (χ2n) is 4.07. The minimum Gasteiger partial charge on any atom is -0.389 e. The molecular weight excluding hydrogens is 158 g/mol. The van der Waals surface area contributed by atoms with Crippen molar-refractivity contribution >= 4 is 5.91 Å². The highest BCUT2D eigenvalue weighted by atomic mass is 16.7. The molecule has 1 aliphatic heterocycles. The molecule has 0 aliphatic carbocycles. The number of carbonyl (C=O) groups excluding carboxylic acids is 1. The summed E-state index contributed by atoms with van der Waals surface area (Å²) in [5.74, 6) is -0.0842. The molecular formula is C8H15NO3. The summed E-state index contributed by atoms with van der Waals surface area (Å²) in [6.07, 6.45) is -0.531. The van der Waals surface area contributed by atoms with Gasteiger partial charge in [0.2, 0.25) is 0 Å². The van der Waals surface area contributed by atoms with E-state index in [2.05, 4.69) is 0 Å². The predicted octanol–water partition coefficient (Wildman–Crippen LogP) is 0.167. The van der Waals surface area contributed by atoms with Crippen LogP contribution in [0.4, 0.5) is 0 Å². The van der Waals surface area contributed by atoms with Crippen molar-refractivity contribution in [3.8, 4) is 0 Å². The van der Waals surface area contributed by atoms with Gasteiger partial charge >= 0.3 is 0 Å². The molecule has 0 aromatic rings. The Kier molecular flexibility index (Phi) is 2.39. The van der Waals surface area contributed by atoms with Crippen molar-refractivity contribution in [2.45, 2.75) is 26.9 Å². The first-order valence-electron chi connectivity index (χ1n) is 4.04. The van der Waals surface area contributed by atoms with E-state index in [1.54, 1.807) is 0 Å². The molecule has 1 atom stereocenters. The van der Waals surface area contributed by atoms with Gasteiger partial charge in [-0.05, 0) is 0 Å². The molecule has 0 aromatic heterocycles. The van der Waals surface area contributed by atoms with E-state index in [1.165, 1.54) is 5.06 Å². The van der Waals surface area contributed by atoms with Gasteiger partial charge in [0.25, 0.3) is 5.91 Å². The quantitative estimate of drug-likeness (QED) is 0.568. The minimum absolute atomic E-state index is 0.0842. The van der Waals surface area contributed by atoms with Crippen molar-refractivity contribution in [3.05, 3.63) is 0 Å². The Balaban J connectivity index is 2.55. The summed E-state index contributed by atoms with van der Waals surface area (Å²) >= 11 is 0. The van der Waals surface area contributed by atoms with Crippen molar-refractivity contribution in [3.63, 3.8) is 0 Å². The average molecular weight is 173 g/mol. The maximum absolute atomic E-state index is 11.5. The lowest BCUT2D eigenvalue weighted by Crippen LogP contribution is -2.37. The zero-order valence-corrected chi connectivity index (χ0v) is 7.70. The summed E-state index contributed by atoms with van der Waals surface area (Å²) < 4.78 is 0. The summed E-state index contributed by atoms with van der Waals surface area (Å²) in [7, 11) is 0. The predicted molar refractivity (Wildman–Crippen MR) is 43.1 cm³/mol. The van der Waals surface area contributed by atoms with E-state index in [0.717, 1.165) is 0 Å². The highest BCUT2D eigenvalue weighted by Crippen LogP contribution is 2.20. The topological polar surface area (TPSA) is 49.8 Å². The Bertz CT molecular complexity index is 185. The Labute approximate surface area is 72.1 Å². The van der Waals surface area contributed by atoms with Gasteiger partial charge in [-0.3, -0.25) is 9.63 Å². The highest BCUT2D eigenvalue weighted by Gasteiger charge is 2.33. The summed E-state index contributed by atoms with van der Waals surface area (Å²) in [6, 6.07) is 0. The smallest absolute Gasteiger partial charge is 0.251 e. The maximum Gasteiger partial charge on any atom is 0.251 e. The molecule has 0 saturated carbocycles. The molecule has 1 fully saturated rings. The number of aliphatic hydroxyl groups is 1. The number of hydrogen-bond acceptors (Lipinski definition) is 3. The molecule has 4 nitrogen and oxygen atoms in total. The monoisotopic (exact) mass is 173 g/mol. The first-order chi connectivity index (χ1) is 5.41. The van der Waals surface area contributed by atoms with Crippen LogP contribution in [0.5, 0.6) is 0 Å². The molecule has 0 spiro atoms. The van der Waals surface area contributed by atoms with Crippen LogP contribution < -0.4 is 0 Å². The van der Waals surface area contributed by atoms with E-state index in [1.807, 2.05) is 20.8 Å². The van der Waals surface area contributed by atoms with Gasteiger partial charge in [0.05, 0.1) is 12.6 Å². The molecule has 1 heterocycles. The fraction of sp³-hybridized carbons (Fsp3) is 0.875. The van der Waals surface area contributed by atoms with Crippen molar-refractivity contribution in [1.29, 1.82) is 0 Å². The summed E-state index contributed by atoms with van der Waals surface area (Å²) in [5, 5.41) is 10.3. The number of nitrogens with zero attached hydrogens (tertiary/aromatic N) is 1. The lowest BCUT2D eigenvalue weighted by molar-refractivity contribution is -0.177. The third-order valence-corrected chi connectivity index (χ3v) is 1.67. The average Bonchev–Trinajstić information content (AvgIpc) is 2.32. The van der Waals surface area contributed by atoms with Crippen molar-refractivity contribution in [1.82, 2.24) is 5.06 Å². The standard InChI is InChI=1S/C8H15NO3/c1-8(2,3)7(11)9-4-6(10)5-12-9/h6,10H,4-5H2,1-3H3/t6-/m1/s1.